The minimum atomic E-state index is -3.69. The SMILES string of the molecule is O=C(c1ccc(S(=O)(=O)C2CCS(=O)(=O)C2)cc1)N1CCCCCC1. The van der Waals surface area contributed by atoms with Gasteiger partial charge in [0.15, 0.2) is 19.7 Å². The third kappa shape index (κ3) is 4.06. The molecule has 0 N–H and O–H groups in total. The first kappa shape index (κ1) is 18.4. The summed E-state index contributed by atoms with van der Waals surface area (Å²) in [5.74, 6) is -0.471. The second kappa shape index (κ2) is 7.07. The van der Waals surface area contributed by atoms with Gasteiger partial charge >= 0.3 is 0 Å². The Morgan fingerprint density at radius 2 is 1.60 bits per heavy atom. The molecule has 0 spiro atoms. The Balaban J connectivity index is 1.76. The molecule has 0 radical (unpaired) electrons. The largest absolute Gasteiger partial charge is 0.339 e. The van der Waals surface area contributed by atoms with E-state index in [0.717, 1.165) is 38.8 Å². The number of amides is 1. The van der Waals surface area contributed by atoms with Gasteiger partial charge in [-0.3, -0.25) is 4.79 Å². The van der Waals surface area contributed by atoms with Crippen molar-refractivity contribution in [3.05, 3.63) is 29.8 Å². The standard InChI is InChI=1S/C17H23NO5S2/c19-17(18-10-3-1-2-4-11-18)14-5-7-15(8-6-14)25(22,23)16-9-12-24(20,21)13-16/h5-8,16H,1-4,9-13H2. The molecule has 3 rings (SSSR count). The van der Waals surface area contributed by atoms with Crippen LogP contribution in [0.2, 0.25) is 0 Å². The molecule has 6 nitrogen and oxygen atoms in total. The number of sulfone groups is 2. The zero-order valence-corrected chi connectivity index (χ0v) is 15.7. The Bertz CT molecular complexity index is 836. The zero-order chi connectivity index (χ0) is 18.1. The van der Waals surface area contributed by atoms with E-state index in [1.54, 1.807) is 0 Å². The molecule has 0 bridgehead atoms. The first-order valence-electron chi connectivity index (χ1n) is 8.63. The lowest BCUT2D eigenvalue weighted by atomic mass is 10.2. The maximum Gasteiger partial charge on any atom is 0.253 e. The lowest BCUT2D eigenvalue weighted by Crippen LogP contribution is -2.31. The molecule has 1 unspecified atom stereocenters. The van der Waals surface area contributed by atoms with Crippen molar-refractivity contribution in [2.75, 3.05) is 24.6 Å². The first-order valence-corrected chi connectivity index (χ1v) is 12.0. The maximum atomic E-state index is 12.6. The van der Waals surface area contributed by atoms with E-state index in [1.807, 2.05) is 4.90 Å². The van der Waals surface area contributed by atoms with Crippen molar-refractivity contribution < 1.29 is 21.6 Å². The van der Waals surface area contributed by atoms with Crippen molar-refractivity contribution >= 4 is 25.6 Å². The molecule has 1 atom stereocenters. The van der Waals surface area contributed by atoms with Gasteiger partial charge in [0.25, 0.3) is 5.91 Å². The highest BCUT2D eigenvalue weighted by Gasteiger charge is 2.38. The van der Waals surface area contributed by atoms with Crippen molar-refractivity contribution in [2.45, 2.75) is 42.2 Å². The number of likely N-dealkylation sites (tertiary alicyclic amines) is 1. The summed E-state index contributed by atoms with van der Waals surface area (Å²) in [6, 6.07) is 5.91. The third-order valence-corrected chi connectivity index (χ3v) is 9.14. The summed E-state index contributed by atoms with van der Waals surface area (Å²) in [5.41, 5.74) is 0.472. The number of carbonyl (C=O) groups excluding carboxylic acids is 1. The van der Waals surface area contributed by atoms with Gasteiger partial charge in [-0.1, -0.05) is 12.8 Å². The van der Waals surface area contributed by atoms with E-state index in [9.17, 15) is 21.6 Å². The third-order valence-electron chi connectivity index (χ3n) is 4.95. The predicted octanol–water partition coefficient (Wildman–Crippen LogP) is 1.66. The van der Waals surface area contributed by atoms with Crippen LogP contribution in [0.5, 0.6) is 0 Å². The smallest absolute Gasteiger partial charge is 0.253 e. The van der Waals surface area contributed by atoms with Gasteiger partial charge in [-0.2, -0.15) is 0 Å². The fraction of sp³-hybridized carbons (Fsp3) is 0.588. The topological polar surface area (TPSA) is 88.6 Å². The molecular weight excluding hydrogens is 362 g/mol. The Hall–Kier alpha value is -1.41. The number of hydrogen-bond acceptors (Lipinski definition) is 5. The van der Waals surface area contributed by atoms with E-state index in [-0.39, 0.29) is 28.7 Å². The monoisotopic (exact) mass is 385 g/mol. The molecule has 1 aromatic rings. The minimum absolute atomic E-state index is 0.0747. The summed E-state index contributed by atoms with van der Waals surface area (Å²) in [6.07, 6.45) is 4.39. The number of benzene rings is 1. The van der Waals surface area contributed by atoms with Crippen molar-refractivity contribution in [2.24, 2.45) is 0 Å². The number of rotatable bonds is 3. The molecular formula is C17H23NO5S2. The number of nitrogens with zero attached hydrogens (tertiary/aromatic N) is 1. The van der Waals surface area contributed by atoms with Crippen LogP contribution in [0.4, 0.5) is 0 Å². The van der Waals surface area contributed by atoms with E-state index in [2.05, 4.69) is 0 Å². The van der Waals surface area contributed by atoms with Crippen molar-refractivity contribution in [1.82, 2.24) is 4.90 Å². The fourth-order valence-electron chi connectivity index (χ4n) is 3.44. The zero-order valence-electron chi connectivity index (χ0n) is 14.1. The lowest BCUT2D eigenvalue weighted by molar-refractivity contribution is 0.0761. The van der Waals surface area contributed by atoms with Gasteiger partial charge in [-0.05, 0) is 43.5 Å². The molecule has 2 heterocycles. The lowest BCUT2D eigenvalue weighted by Gasteiger charge is -2.20. The highest BCUT2D eigenvalue weighted by atomic mass is 32.2. The van der Waals surface area contributed by atoms with Crippen LogP contribution in [0.15, 0.2) is 29.2 Å². The summed E-state index contributed by atoms with van der Waals surface area (Å²) in [7, 11) is -6.95. The van der Waals surface area contributed by atoms with Gasteiger partial charge in [0.2, 0.25) is 0 Å². The summed E-state index contributed by atoms with van der Waals surface area (Å²) in [4.78, 5) is 14.5. The average molecular weight is 386 g/mol. The maximum absolute atomic E-state index is 12.6. The van der Waals surface area contributed by atoms with E-state index in [4.69, 9.17) is 0 Å². The van der Waals surface area contributed by atoms with E-state index >= 15 is 0 Å². The second-order valence-corrected chi connectivity index (χ2v) is 11.3. The highest BCUT2D eigenvalue weighted by molar-refractivity contribution is 7.96. The van der Waals surface area contributed by atoms with Crippen LogP contribution < -0.4 is 0 Å². The van der Waals surface area contributed by atoms with Gasteiger partial charge in [-0.25, -0.2) is 16.8 Å². The van der Waals surface area contributed by atoms with Gasteiger partial charge in [-0.15, -0.1) is 0 Å². The first-order chi connectivity index (χ1) is 11.8. The van der Waals surface area contributed by atoms with Crippen LogP contribution in [0.1, 0.15) is 42.5 Å². The van der Waals surface area contributed by atoms with E-state index in [0.29, 0.717) is 5.56 Å². The van der Waals surface area contributed by atoms with Crippen molar-refractivity contribution in [3.63, 3.8) is 0 Å². The van der Waals surface area contributed by atoms with Gasteiger partial charge in [0, 0.05) is 18.7 Å². The molecule has 0 aliphatic carbocycles. The molecule has 1 amide bonds. The Labute approximate surface area is 149 Å². The molecule has 2 aliphatic heterocycles. The van der Waals surface area contributed by atoms with Crippen molar-refractivity contribution in [3.8, 4) is 0 Å². The molecule has 2 saturated heterocycles. The summed E-state index contributed by atoms with van der Waals surface area (Å²) in [6.45, 7) is 1.47. The molecule has 138 valence electrons. The Morgan fingerprint density at radius 3 is 2.12 bits per heavy atom. The fourth-order valence-corrected chi connectivity index (χ4v) is 7.80. The number of hydrogen-bond donors (Lipinski definition) is 0. The van der Waals surface area contributed by atoms with Crippen LogP contribution in [0, 0.1) is 0 Å². The molecule has 0 saturated carbocycles. The van der Waals surface area contributed by atoms with Gasteiger partial charge < -0.3 is 4.90 Å². The quantitative estimate of drug-likeness (QED) is 0.790. The van der Waals surface area contributed by atoms with Crippen LogP contribution in [0.25, 0.3) is 0 Å². The molecule has 1 aromatic carbocycles. The highest BCUT2D eigenvalue weighted by Crippen LogP contribution is 2.26. The summed E-state index contributed by atoms with van der Waals surface area (Å²) >= 11 is 0. The van der Waals surface area contributed by atoms with Crippen LogP contribution in [-0.4, -0.2) is 57.5 Å². The molecule has 8 heteroatoms. The normalized spacial score (nSPS) is 24.0. The molecule has 2 fully saturated rings. The van der Waals surface area contributed by atoms with E-state index < -0.39 is 24.9 Å². The average Bonchev–Trinajstić information content (AvgIpc) is 2.79. The van der Waals surface area contributed by atoms with Gasteiger partial charge in [0.1, 0.15) is 0 Å². The molecule has 2 aliphatic rings. The Kier molecular flexibility index (Phi) is 5.20. The van der Waals surface area contributed by atoms with Gasteiger partial charge in [0.05, 0.1) is 21.7 Å². The van der Waals surface area contributed by atoms with Crippen LogP contribution in [0.3, 0.4) is 0 Å². The predicted molar refractivity (Wildman–Crippen MR) is 95.1 cm³/mol. The molecule has 25 heavy (non-hydrogen) atoms. The second-order valence-electron chi connectivity index (χ2n) is 6.80. The number of carbonyl (C=O) groups is 1. The van der Waals surface area contributed by atoms with E-state index in [1.165, 1.54) is 24.3 Å². The minimum Gasteiger partial charge on any atom is -0.339 e. The molecule has 0 aromatic heterocycles. The van der Waals surface area contributed by atoms with Crippen molar-refractivity contribution in [1.29, 1.82) is 0 Å². The van der Waals surface area contributed by atoms with Crippen LogP contribution in [-0.2, 0) is 19.7 Å². The summed E-state index contributed by atoms with van der Waals surface area (Å²) in [5, 5.41) is -0.885. The Morgan fingerprint density at radius 1 is 1.00 bits per heavy atom. The van der Waals surface area contributed by atoms with Crippen LogP contribution >= 0.6 is 0 Å². The summed E-state index contributed by atoms with van der Waals surface area (Å²) < 4.78 is 48.3.